The van der Waals surface area contributed by atoms with Crippen molar-refractivity contribution in [2.24, 2.45) is 0 Å². The van der Waals surface area contributed by atoms with E-state index in [1.165, 1.54) is 25.8 Å². The van der Waals surface area contributed by atoms with Crippen molar-refractivity contribution in [3.05, 3.63) is 9.98 Å². The van der Waals surface area contributed by atoms with Gasteiger partial charge in [0.05, 0.1) is 0 Å². The van der Waals surface area contributed by atoms with Crippen LogP contribution >= 0.6 is 27.3 Å². The summed E-state index contributed by atoms with van der Waals surface area (Å²) < 4.78 is 0.920. The van der Waals surface area contributed by atoms with Crippen molar-refractivity contribution in [1.82, 2.24) is 10.3 Å². The number of anilines is 1. The van der Waals surface area contributed by atoms with Gasteiger partial charge in [-0.05, 0) is 41.7 Å². The Morgan fingerprint density at radius 3 is 3.29 bits per heavy atom. The smallest absolute Gasteiger partial charge is 0.183 e. The molecule has 0 aliphatic carbocycles. The second kappa shape index (κ2) is 5.09. The summed E-state index contributed by atoms with van der Waals surface area (Å²) in [6, 6.07) is 0.714. The third-order valence-corrected chi connectivity index (χ3v) is 3.92. The highest BCUT2D eigenvalue weighted by molar-refractivity contribution is 9.10. The number of hydrogen-bond donors (Lipinski definition) is 2. The van der Waals surface area contributed by atoms with E-state index in [1.54, 1.807) is 11.3 Å². The Balaban J connectivity index is 1.67. The predicted octanol–water partition coefficient (Wildman–Crippen LogP) is 2.46. The van der Waals surface area contributed by atoms with Gasteiger partial charge in [-0.1, -0.05) is 0 Å². The van der Waals surface area contributed by atoms with E-state index in [-0.39, 0.29) is 0 Å². The van der Waals surface area contributed by atoms with Gasteiger partial charge in [-0.15, -0.1) is 11.3 Å². The molecule has 3 nitrogen and oxygen atoms in total. The molecule has 78 valence electrons. The van der Waals surface area contributed by atoms with E-state index in [1.807, 2.05) is 5.38 Å². The molecule has 2 N–H and O–H groups in total. The van der Waals surface area contributed by atoms with E-state index in [2.05, 4.69) is 31.5 Å². The topological polar surface area (TPSA) is 37.0 Å². The van der Waals surface area contributed by atoms with Crippen LogP contribution in [0.5, 0.6) is 0 Å². The van der Waals surface area contributed by atoms with Gasteiger partial charge in [0, 0.05) is 18.0 Å². The van der Waals surface area contributed by atoms with E-state index in [0.29, 0.717) is 6.04 Å². The quantitative estimate of drug-likeness (QED) is 0.887. The monoisotopic (exact) mass is 275 g/mol. The van der Waals surface area contributed by atoms with Crippen molar-refractivity contribution in [2.75, 3.05) is 18.4 Å². The summed E-state index contributed by atoms with van der Waals surface area (Å²) in [5, 5.41) is 9.82. The summed E-state index contributed by atoms with van der Waals surface area (Å²) in [5.74, 6) is 0. The van der Waals surface area contributed by atoms with Crippen molar-refractivity contribution in [3.8, 4) is 0 Å². The molecule has 2 rings (SSSR count). The van der Waals surface area contributed by atoms with E-state index in [4.69, 9.17) is 0 Å². The first-order valence-corrected chi connectivity index (χ1v) is 6.60. The van der Waals surface area contributed by atoms with Crippen molar-refractivity contribution in [1.29, 1.82) is 0 Å². The van der Waals surface area contributed by atoms with Crippen LogP contribution in [-0.4, -0.2) is 24.1 Å². The van der Waals surface area contributed by atoms with Gasteiger partial charge in [0.15, 0.2) is 5.13 Å². The summed E-state index contributed by atoms with van der Waals surface area (Å²) in [7, 11) is 0. The number of halogens is 1. The zero-order valence-corrected chi connectivity index (χ0v) is 10.3. The zero-order chi connectivity index (χ0) is 9.80. The summed E-state index contributed by atoms with van der Waals surface area (Å²) in [6.07, 6.45) is 3.84. The maximum Gasteiger partial charge on any atom is 0.183 e. The lowest BCUT2D eigenvalue weighted by Gasteiger charge is -2.09. The molecule has 1 atom stereocenters. The van der Waals surface area contributed by atoms with Gasteiger partial charge in [0.2, 0.25) is 0 Å². The number of nitrogens with one attached hydrogen (secondary N) is 2. The molecular weight excluding hydrogens is 262 g/mol. The molecule has 1 saturated heterocycles. The Kier molecular flexibility index (Phi) is 3.78. The summed E-state index contributed by atoms with van der Waals surface area (Å²) in [6.45, 7) is 2.20. The maximum atomic E-state index is 4.28. The molecule has 2 heterocycles. The minimum absolute atomic E-state index is 0.714. The highest BCUT2D eigenvalue weighted by Crippen LogP contribution is 2.19. The molecule has 0 spiro atoms. The van der Waals surface area contributed by atoms with Crippen LogP contribution in [0.15, 0.2) is 9.98 Å². The third kappa shape index (κ3) is 2.93. The predicted molar refractivity (Wildman–Crippen MR) is 63.9 cm³/mol. The normalized spacial score (nSPS) is 21.4. The summed E-state index contributed by atoms with van der Waals surface area (Å²) >= 11 is 4.98. The second-order valence-corrected chi connectivity index (χ2v) is 5.15. The third-order valence-electron chi connectivity index (χ3n) is 2.41. The Bertz CT molecular complexity index is 283. The van der Waals surface area contributed by atoms with Gasteiger partial charge in [0.25, 0.3) is 0 Å². The molecule has 1 aliphatic rings. The lowest BCUT2D eigenvalue weighted by Crippen LogP contribution is -2.23. The van der Waals surface area contributed by atoms with Gasteiger partial charge < -0.3 is 10.6 Å². The lowest BCUT2D eigenvalue weighted by molar-refractivity contribution is 0.574. The zero-order valence-electron chi connectivity index (χ0n) is 7.92. The fourth-order valence-electron chi connectivity index (χ4n) is 1.69. The van der Waals surface area contributed by atoms with Crippen LogP contribution in [-0.2, 0) is 0 Å². The minimum Gasteiger partial charge on any atom is -0.361 e. The summed E-state index contributed by atoms with van der Waals surface area (Å²) in [4.78, 5) is 4.28. The highest BCUT2D eigenvalue weighted by Gasteiger charge is 2.12. The van der Waals surface area contributed by atoms with E-state index in [9.17, 15) is 0 Å². The Labute approximate surface area is 96.4 Å². The molecule has 1 aromatic rings. The molecule has 5 heteroatoms. The van der Waals surface area contributed by atoms with E-state index < -0.39 is 0 Å². The fraction of sp³-hybridized carbons (Fsp3) is 0.667. The first-order chi connectivity index (χ1) is 6.84. The van der Waals surface area contributed by atoms with Gasteiger partial charge in [-0.25, -0.2) is 4.98 Å². The standard InChI is InChI=1S/C9H14BrN3S/c10-8-6-14-9(13-8)12-5-3-7-2-1-4-11-7/h6-7,11H,1-5H2,(H,12,13). The first kappa shape index (κ1) is 10.4. The molecule has 1 aliphatic heterocycles. The molecule has 0 bridgehead atoms. The second-order valence-electron chi connectivity index (χ2n) is 3.48. The molecule has 1 unspecified atom stereocenters. The number of aromatic nitrogens is 1. The van der Waals surface area contributed by atoms with Gasteiger partial charge in [-0.3, -0.25) is 0 Å². The van der Waals surface area contributed by atoms with Crippen LogP contribution < -0.4 is 10.6 Å². The number of nitrogens with zero attached hydrogens (tertiary/aromatic N) is 1. The van der Waals surface area contributed by atoms with Crippen LogP contribution in [0.4, 0.5) is 5.13 Å². The Morgan fingerprint density at radius 1 is 1.71 bits per heavy atom. The molecule has 0 saturated carbocycles. The van der Waals surface area contributed by atoms with Crippen LogP contribution in [0.1, 0.15) is 19.3 Å². The molecule has 1 fully saturated rings. The molecule has 14 heavy (non-hydrogen) atoms. The van der Waals surface area contributed by atoms with Gasteiger partial charge in [-0.2, -0.15) is 0 Å². The summed E-state index contributed by atoms with van der Waals surface area (Å²) in [5.41, 5.74) is 0. The Hall–Kier alpha value is -0.130. The average Bonchev–Trinajstić information content (AvgIpc) is 2.77. The fourth-order valence-corrected chi connectivity index (χ4v) is 2.86. The SMILES string of the molecule is Brc1csc(NCCC2CCCN2)n1. The van der Waals surface area contributed by atoms with E-state index >= 15 is 0 Å². The minimum atomic E-state index is 0.714. The highest BCUT2D eigenvalue weighted by atomic mass is 79.9. The molecule has 1 aromatic heterocycles. The average molecular weight is 276 g/mol. The molecular formula is C9H14BrN3S. The molecule has 0 amide bonds. The number of rotatable bonds is 4. The number of thiazole rings is 1. The van der Waals surface area contributed by atoms with Crippen LogP contribution in [0.3, 0.4) is 0 Å². The van der Waals surface area contributed by atoms with Crippen LogP contribution in [0, 0.1) is 0 Å². The van der Waals surface area contributed by atoms with Crippen molar-refractivity contribution >= 4 is 32.4 Å². The Morgan fingerprint density at radius 2 is 2.64 bits per heavy atom. The maximum absolute atomic E-state index is 4.28. The van der Waals surface area contributed by atoms with Crippen molar-refractivity contribution < 1.29 is 0 Å². The van der Waals surface area contributed by atoms with Crippen molar-refractivity contribution in [3.63, 3.8) is 0 Å². The van der Waals surface area contributed by atoms with E-state index in [0.717, 1.165) is 16.3 Å². The van der Waals surface area contributed by atoms with Crippen molar-refractivity contribution in [2.45, 2.75) is 25.3 Å². The number of hydrogen-bond acceptors (Lipinski definition) is 4. The first-order valence-electron chi connectivity index (χ1n) is 4.93. The van der Waals surface area contributed by atoms with Gasteiger partial charge in [0.1, 0.15) is 4.60 Å². The largest absolute Gasteiger partial charge is 0.361 e. The molecule has 0 aromatic carbocycles. The molecule has 0 radical (unpaired) electrons. The van der Waals surface area contributed by atoms with Crippen LogP contribution in [0.25, 0.3) is 0 Å². The van der Waals surface area contributed by atoms with Gasteiger partial charge >= 0.3 is 0 Å². The van der Waals surface area contributed by atoms with Crippen LogP contribution in [0.2, 0.25) is 0 Å². The lowest BCUT2D eigenvalue weighted by atomic mass is 10.2.